The van der Waals surface area contributed by atoms with E-state index in [1.807, 2.05) is 6.92 Å². The smallest absolute Gasteiger partial charge is 0.136 e. The molecule has 0 aliphatic heterocycles. The van der Waals surface area contributed by atoms with Gasteiger partial charge in [0, 0.05) is 12.0 Å². The van der Waals surface area contributed by atoms with Crippen molar-refractivity contribution in [2.45, 2.75) is 38.6 Å². The first-order valence-electron chi connectivity index (χ1n) is 4.84. The first kappa shape index (κ1) is 11.8. The normalized spacial score (nSPS) is 10.6. The molecule has 2 nitrogen and oxygen atoms in total. The van der Waals surface area contributed by atoms with Crippen LogP contribution in [0.15, 0.2) is 5.03 Å². The van der Waals surface area contributed by atoms with Crippen molar-refractivity contribution < 1.29 is 0 Å². The molecule has 0 fully saturated rings. The average molecular weight is 231 g/mol. The van der Waals surface area contributed by atoms with Crippen LogP contribution in [0.3, 0.4) is 0 Å². The molecule has 0 saturated carbocycles. The molecular formula is C10H15ClN2S. The monoisotopic (exact) mass is 230 g/mol. The molecule has 0 unspecified atom stereocenters. The van der Waals surface area contributed by atoms with Crippen molar-refractivity contribution in [3.63, 3.8) is 0 Å². The van der Waals surface area contributed by atoms with E-state index in [-0.39, 0.29) is 0 Å². The molecule has 0 saturated heterocycles. The summed E-state index contributed by atoms with van der Waals surface area (Å²) in [4.78, 5) is 8.73. The Balaban J connectivity index is 3.01. The van der Waals surface area contributed by atoms with Gasteiger partial charge in [-0.3, -0.25) is 0 Å². The van der Waals surface area contributed by atoms with E-state index in [0.29, 0.717) is 5.15 Å². The van der Waals surface area contributed by atoms with Crippen LogP contribution in [0.2, 0.25) is 5.15 Å². The lowest BCUT2D eigenvalue weighted by Gasteiger charge is -2.06. The van der Waals surface area contributed by atoms with Crippen molar-refractivity contribution in [1.29, 1.82) is 0 Å². The Morgan fingerprint density at radius 2 is 2.00 bits per heavy atom. The van der Waals surface area contributed by atoms with Crippen LogP contribution in [-0.2, 0) is 6.42 Å². The van der Waals surface area contributed by atoms with Crippen molar-refractivity contribution in [2.24, 2.45) is 0 Å². The van der Waals surface area contributed by atoms with Gasteiger partial charge in [0.05, 0.1) is 0 Å². The molecule has 0 amide bonds. The minimum Gasteiger partial charge on any atom is -0.226 e. The highest BCUT2D eigenvalue weighted by Crippen LogP contribution is 2.24. The first-order chi connectivity index (χ1) is 6.69. The third-order valence-electron chi connectivity index (χ3n) is 1.84. The summed E-state index contributed by atoms with van der Waals surface area (Å²) < 4.78 is 0. The van der Waals surface area contributed by atoms with Crippen LogP contribution in [0.4, 0.5) is 0 Å². The Kier molecular flexibility index (Phi) is 4.69. The lowest BCUT2D eigenvalue weighted by Crippen LogP contribution is -1.99. The van der Waals surface area contributed by atoms with Crippen molar-refractivity contribution in [3.05, 3.63) is 16.5 Å². The van der Waals surface area contributed by atoms with Crippen molar-refractivity contribution in [2.75, 3.05) is 5.75 Å². The topological polar surface area (TPSA) is 25.8 Å². The highest BCUT2D eigenvalue weighted by Gasteiger charge is 2.08. The average Bonchev–Trinajstić information content (AvgIpc) is 2.14. The highest BCUT2D eigenvalue weighted by molar-refractivity contribution is 7.99. The maximum Gasteiger partial charge on any atom is 0.136 e. The number of aromatic nitrogens is 2. The zero-order valence-corrected chi connectivity index (χ0v) is 10.4. The van der Waals surface area contributed by atoms with Crippen LogP contribution in [0, 0.1) is 6.92 Å². The summed E-state index contributed by atoms with van der Waals surface area (Å²) in [6.45, 7) is 6.19. The van der Waals surface area contributed by atoms with Crippen LogP contribution in [0.5, 0.6) is 0 Å². The largest absolute Gasteiger partial charge is 0.226 e. The molecular weight excluding hydrogens is 216 g/mol. The minimum absolute atomic E-state index is 0.597. The zero-order chi connectivity index (χ0) is 10.6. The number of thioether (sulfide) groups is 1. The molecule has 1 aromatic heterocycles. The number of aryl methyl sites for hydroxylation is 1. The van der Waals surface area contributed by atoms with Gasteiger partial charge in [0.25, 0.3) is 0 Å². The summed E-state index contributed by atoms with van der Waals surface area (Å²) in [6, 6.07) is 0. The zero-order valence-electron chi connectivity index (χ0n) is 8.80. The first-order valence-corrected chi connectivity index (χ1v) is 6.21. The fraction of sp³-hybridized carbons (Fsp3) is 0.600. The summed E-state index contributed by atoms with van der Waals surface area (Å²) >= 11 is 7.75. The van der Waals surface area contributed by atoms with Gasteiger partial charge in [-0.25, -0.2) is 9.97 Å². The van der Waals surface area contributed by atoms with Crippen LogP contribution in [0.1, 0.15) is 31.7 Å². The van der Waals surface area contributed by atoms with Gasteiger partial charge >= 0.3 is 0 Å². The summed E-state index contributed by atoms with van der Waals surface area (Å²) in [5.74, 6) is 1.87. The third-order valence-corrected chi connectivity index (χ3v) is 3.17. The summed E-state index contributed by atoms with van der Waals surface area (Å²) in [6.07, 6.45) is 1.95. The molecule has 0 bridgehead atoms. The number of hydrogen-bond acceptors (Lipinski definition) is 3. The van der Waals surface area contributed by atoms with Crippen LogP contribution < -0.4 is 0 Å². The van der Waals surface area contributed by atoms with Gasteiger partial charge in [-0.15, -0.1) is 11.8 Å². The maximum absolute atomic E-state index is 6.03. The van der Waals surface area contributed by atoms with Gasteiger partial charge in [-0.2, -0.15) is 0 Å². The number of halogens is 1. The Labute approximate surface area is 94.5 Å². The Morgan fingerprint density at radius 3 is 2.57 bits per heavy atom. The molecule has 14 heavy (non-hydrogen) atoms. The summed E-state index contributed by atoms with van der Waals surface area (Å²) in [7, 11) is 0. The third kappa shape index (κ3) is 2.85. The fourth-order valence-corrected chi connectivity index (χ4v) is 2.12. The van der Waals surface area contributed by atoms with Crippen LogP contribution in [0.25, 0.3) is 0 Å². The SMILES string of the molecule is CCCc1nc(Cl)c(C)c(SCC)n1. The fourth-order valence-electron chi connectivity index (χ4n) is 1.12. The molecule has 1 aromatic rings. The van der Waals surface area contributed by atoms with E-state index in [0.717, 1.165) is 35.0 Å². The Morgan fingerprint density at radius 1 is 1.29 bits per heavy atom. The van der Waals surface area contributed by atoms with E-state index in [1.165, 1.54) is 0 Å². The second-order valence-electron chi connectivity index (χ2n) is 3.04. The quantitative estimate of drug-likeness (QED) is 0.585. The molecule has 0 atom stereocenters. The minimum atomic E-state index is 0.597. The van der Waals surface area contributed by atoms with Gasteiger partial charge in [0.1, 0.15) is 16.0 Å². The van der Waals surface area contributed by atoms with Gasteiger partial charge in [-0.1, -0.05) is 25.4 Å². The summed E-state index contributed by atoms with van der Waals surface area (Å²) in [5.41, 5.74) is 0.998. The van der Waals surface area contributed by atoms with Crippen LogP contribution in [-0.4, -0.2) is 15.7 Å². The van der Waals surface area contributed by atoms with Crippen LogP contribution >= 0.6 is 23.4 Å². The number of rotatable bonds is 4. The van der Waals surface area contributed by atoms with E-state index in [2.05, 4.69) is 23.8 Å². The predicted molar refractivity (Wildman–Crippen MR) is 62.2 cm³/mol. The van der Waals surface area contributed by atoms with E-state index in [9.17, 15) is 0 Å². The van der Waals surface area contributed by atoms with E-state index >= 15 is 0 Å². The number of nitrogens with zero attached hydrogens (tertiary/aromatic N) is 2. The molecule has 0 spiro atoms. The molecule has 78 valence electrons. The van der Waals surface area contributed by atoms with Crippen molar-refractivity contribution >= 4 is 23.4 Å². The predicted octanol–water partition coefficient (Wildman–Crippen LogP) is 3.50. The Bertz CT molecular complexity index is 315. The second kappa shape index (κ2) is 5.56. The van der Waals surface area contributed by atoms with Crippen molar-refractivity contribution in [1.82, 2.24) is 9.97 Å². The summed E-state index contributed by atoms with van der Waals surface area (Å²) in [5, 5.41) is 1.62. The molecule has 0 aromatic carbocycles. The Hall–Kier alpha value is -0.280. The lowest BCUT2D eigenvalue weighted by atomic mass is 10.3. The molecule has 4 heteroatoms. The van der Waals surface area contributed by atoms with Gasteiger partial charge in [0.2, 0.25) is 0 Å². The van der Waals surface area contributed by atoms with E-state index in [1.54, 1.807) is 11.8 Å². The molecule has 0 radical (unpaired) electrons. The van der Waals surface area contributed by atoms with Crippen molar-refractivity contribution in [3.8, 4) is 0 Å². The molecule has 1 rings (SSSR count). The molecule has 0 aliphatic carbocycles. The highest BCUT2D eigenvalue weighted by atomic mass is 35.5. The van der Waals surface area contributed by atoms with E-state index in [4.69, 9.17) is 11.6 Å². The van der Waals surface area contributed by atoms with Gasteiger partial charge in [0.15, 0.2) is 0 Å². The van der Waals surface area contributed by atoms with E-state index < -0.39 is 0 Å². The second-order valence-corrected chi connectivity index (χ2v) is 4.65. The lowest BCUT2D eigenvalue weighted by molar-refractivity contribution is 0.801. The van der Waals surface area contributed by atoms with Gasteiger partial charge in [-0.05, 0) is 19.1 Å². The maximum atomic E-state index is 6.03. The number of hydrogen-bond donors (Lipinski definition) is 0. The molecule has 0 aliphatic rings. The molecule has 0 N–H and O–H groups in total. The standard InChI is InChI=1S/C10H15ClN2S/c1-4-6-8-12-9(11)7(3)10(13-8)14-5-2/h4-6H2,1-3H3. The van der Waals surface area contributed by atoms with Gasteiger partial charge < -0.3 is 0 Å². The molecule has 1 heterocycles.